The molecule has 0 bridgehead atoms. The van der Waals surface area contributed by atoms with Gasteiger partial charge in [0.2, 0.25) is 4.47 Å². The molecule has 1 aromatic carbocycles. The van der Waals surface area contributed by atoms with Crippen molar-refractivity contribution in [1.82, 2.24) is 10.2 Å². The molecule has 2 nitrogen and oxygen atoms in total. The van der Waals surface area contributed by atoms with Crippen molar-refractivity contribution in [3.8, 4) is 0 Å². The van der Waals surface area contributed by atoms with Crippen molar-refractivity contribution in [3.63, 3.8) is 0 Å². The molecule has 15 heavy (non-hydrogen) atoms. The van der Waals surface area contributed by atoms with Gasteiger partial charge in [0, 0.05) is 6.42 Å². The molecule has 0 amide bonds. The highest BCUT2D eigenvalue weighted by molar-refractivity contribution is 7.15. The summed E-state index contributed by atoms with van der Waals surface area (Å²) in [6.07, 6.45) is 3.13. The van der Waals surface area contributed by atoms with Crippen molar-refractivity contribution in [2.24, 2.45) is 0 Å². The summed E-state index contributed by atoms with van der Waals surface area (Å²) < 4.78 is 0.532. The number of nitrogens with zero attached hydrogens (tertiary/aromatic N) is 2. The first-order chi connectivity index (χ1) is 7.34. The van der Waals surface area contributed by atoms with Gasteiger partial charge in [0.05, 0.1) is 0 Å². The number of hydrogen-bond acceptors (Lipinski definition) is 3. The average molecular weight is 239 g/mol. The molecule has 0 saturated heterocycles. The molecule has 0 aliphatic rings. The van der Waals surface area contributed by atoms with Crippen LogP contribution < -0.4 is 0 Å². The van der Waals surface area contributed by atoms with Crippen LogP contribution in [0.4, 0.5) is 0 Å². The van der Waals surface area contributed by atoms with Gasteiger partial charge in [0.1, 0.15) is 5.01 Å². The number of benzene rings is 1. The Morgan fingerprint density at radius 3 is 2.53 bits per heavy atom. The number of hydrogen-bond donors (Lipinski definition) is 0. The molecule has 0 spiro atoms. The first-order valence-corrected chi connectivity index (χ1v) is 6.06. The van der Waals surface area contributed by atoms with Crippen LogP contribution in [0.15, 0.2) is 30.3 Å². The molecule has 0 fully saturated rings. The summed E-state index contributed by atoms with van der Waals surface area (Å²) in [6, 6.07) is 10.5. The maximum atomic E-state index is 5.70. The number of halogens is 1. The molecule has 0 aliphatic carbocycles. The van der Waals surface area contributed by atoms with E-state index in [1.54, 1.807) is 0 Å². The molecule has 0 N–H and O–H groups in total. The minimum atomic E-state index is 0.532. The Morgan fingerprint density at radius 2 is 1.87 bits per heavy atom. The molecule has 0 aliphatic heterocycles. The first-order valence-electron chi connectivity index (χ1n) is 4.86. The van der Waals surface area contributed by atoms with Crippen molar-refractivity contribution in [2.45, 2.75) is 19.3 Å². The predicted molar refractivity (Wildman–Crippen MR) is 63.4 cm³/mol. The van der Waals surface area contributed by atoms with Gasteiger partial charge in [-0.15, -0.1) is 10.2 Å². The summed E-state index contributed by atoms with van der Waals surface area (Å²) in [6.45, 7) is 0. The second-order valence-electron chi connectivity index (χ2n) is 3.29. The van der Waals surface area contributed by atoms with Gasteiger partial charge in [-0.05, 0) is 30.0 Å². The van der Waals surface area contributed by atoms with E-state index in [2.05, 4.69) is 34.5 Å². The number of aromatic nitrogens is 2. The quantitative estimate of drug-likeness (QED) is 0.816. The normalized spacial score (nSPS) is 10.5. The third-order valence-electron chi connectivity index (χ3n) is 2.14. The molecule has 1 heterocycles. The van der Waals surface area contributed by atoms with E-state index in [1.165, 1.54) is 16.9 Å². The fourth-order valence-corrected chi connectivity index (χ4v) is 2.33. The van der Waals surface area contributed by atoms with Gasteiger partial charge in [-0.2, -0.15) is 0 Å². The highest BCUT2D eigenvalue weighted by atomic mass is 35.5. The van der Waals surface area contributed by atoms with Gasteiger partial charge in [-0.3, -0.25) is 0 Å². The van der Waals surface area contributed by atoms with Crippen LogP contribution in [0.25, 0.3) is 0 Å². The molecule has 0 atom stereocenters. The molecular weight excluding hydrogens is 228 g/mol. The van der Waals surface area contributed by atoms with E-state index in [1.807, 2.05) is 6.07 Å². The molecule has 0 saturated carbocycles. The third-order valence-corrected chi connectivity index (χ3v) is 3.22. The van der Waals surface area contributed by atoms with Gasteiger partial charge >= 0.3 is 0 Å². The Hall–Kier alpha value is -0.930. The van der Waals surface area contributed by atoms with E-state index in [0.29, 0.717) is 4.47 Å². The lowest BCUT2D eigenvalue weighted by molar-refractivity contribution is 0.801. The zero-order chi connectivity index (χ0) is 10.5. The van der Waals surface area contributed by atoms with Crippen LogP contribution in [-0.4, -0.2) is 10.2 Å². The molecule has 0 unspecified atom stereocenters. The fourth-order valence-electron chi connectivity index (χ4n) is 1.42. The monoisotopic (exact) mass is 238 g/mol. The minimum absolute atomic E-state index is 0.532. The fraction of sp³-hybridized carbons (Fsp3) is 0.273. The summed E-state index contributed by atoms with van der Waals surface area (Å²) >= 11 is 7.17. The minimum Gasteiger partial charge on any atom is -0.142 e. The van der Waals surface area contributed by atoms with E-state index in [4.69, 9.17) is 11.6 Å². The molecule has 0 radical (unpaired) electrons. The first kappa shape index (κ1) is 10.6. The average Bonchev–Trinajstić information content (AvgIpc) is 2.66. The van der Waals surface area contributed by atoms with E-state index in [0.717, 1.165) is 24.3 Å². The lowest BCUT2D eigenvalue weighted by atomic mass is 10.1. The molecule has 1 aromatic heterocycles. The van der Waals surface area contributed by atoms with Crippen molar-refractivity contribution in [2.75, 3.05) is 0 Å². The lowest BCUT2D eigenvalue weighted by Gasteiger charge is -1.98. The van der Waals surface area contributed by atoms with Crippen LogP contribution in [0.5, 0.6) is 0 Å². The van der Waals surface area contributed by atoms with Crippen LogP contribution in [0.1, 0.15) is 17.0 Å². The van der Waals surface area contributed by atoms with Crippen LogP contribution in [0, 0.1) is 0 Å². The Labute approximate surface area is 97.9 Å². The molecule has 2 aromatic rings. The summed E-state index contributed by atoms with van der Waals surface area (Å²) in [5, 5.41) is 8.78. The van der Waals surface area contributed by atoms with Crippen LogP contribution in [0.2, 0.25) is 4.47 Å². The Balaban J connectivity index is 1.80. The summed E-state index contributed by atoms with van der Waals surface area (Å²) in [5.41, 5.74) is 1.37. The predicted octanol–water partition coefficient (Wildman–Crippen LogP) is 3.37. The van der Waals surface area contributed by atoms with Crippen molar-refractivity contribution >= 4 is 22.9 Å². The van der Waals surface area contributed by atoms with Crippen LogP contribution in [-0.2, 0) is 12.8 Å². The maximum absolute atomic E-state index is 5.70. The summed E-state index contributed by atoms with van der Waals surface area (Å²) in [7, 11) is 0. The van der Waals surface area contributed by atoms with E-state index in [-0.39, 0.29) is 0 Å². The molecule has 78 valence electrons. The molecule has 2 rings (SSSR count). The topological polar surface area (TPSA) is 25.8 Å². The van der Waals surface area contributed by atoms with Gasteiger partial charge in [-0.1, -0.05) is 41.7 Å². The Morgan fingerprint density at radius 1 is 1.07 bits per heavy atom. The van der Waals surface area contributed by atoms with Crippen LogP contribution in [0.3, 0.4) is 0 Å². The highest BCUT2D eigenvalue weighted by Crippen LogP contribution is 2.16. The molecule has 4 heteroatoms. The van der Waals surface area contributed by atoms with Crippen molar-refractivity contribution in [3.05, 3.63) is 45.4 Å². The van der Waals surface area contributed by atoms with E-state index >= 15 is 0 Å². The van der Waals surface area contributed by atoms with Crippen molar-refractivity contribution < 1.29 is 0 Å². The zero-order valence-electron chi connectivity index (χ0n) is 8.19. The van der Waals surface area contributed by atoms with Crippen molar-refractivity contribution in [1.29, 1.82) is 0 Å². The Bertz CT molecular complexity index is 414. The highest BCUT2D eigenvalue weighted by Gasteiger charge is 2.01. The number of rotatable bonds is 4. The largest absolute Gasteiger partial charge is 0.207 e. The van der Waals surface area contributed by atoms with E-state index < -0.39 is 0 Å². The molecular formula is C11H11ClN2S. The lowest BCUT2D eigenvalue weighted by Crippen LogP contribution is -1.89. The zero-order valence-corrected chi connectivity index (χ0v) is 9.76. The van der Waals surface area contributed by atoms with Crippen LogP contribution >= 0.6 is 22.9 Å². The second-order valence-corrected chi connectivity index (χ2v) is 4.93. The summed E-state index contributed by atoms with van der Waals surface area (Å²) in [4.78, 5) is 0. The van der Waals surface area contributed by atoms with E-state index in [9.17, 15) is 0 Å². The van der Waals surface area contributed by atoms with Gasteiger partial charge in [0.25, 0.3) is 0 Å². The standard InChI is InChI=1S/C11H11ClN2S/c12-11-14-13-10(15-11)8-4-7-9-5-2-1-3-6-9/h1-3,5-6H,4,7-8H2. The Kier molecular flexibility index (Phi) is 3.69. The smallest absolute Gasteiger partial charge is 0.142 e. The van der Waals surface area contributed by atoms with Gasteiger partial charge < -0.3 is 0 Å². The summed E-state index contributed by atoms with van der Waals surface area (Å²) in [5.74, 6) is 0. The second kappa shape index (κ2) is 5.24. The SMILES string of the molecule is Clc1nnc(CCCc2ccccc2)s1. The maximum Gasteiger partial charge on any atom is 0.207 e. The van der Waals surface area contributed by atoms with Gasteiger partial charge in [-0.25, -0.2) is 0 Å². The third kappa shape index (κ3) is 3.29. The van der Waals surface area contributed by atoms with Gasteiger partial charge in [0.15, 0.2) is 0 Å². The number of aryl methyl sites for hydroxylation is 2.